The van der Waals surface area contributed by atoms with E-state index in [0.29, 0.717) is 13.0 Å². The summed E-state index contributed by atoms with van der Waals surface area (Å²) in [5.74, 6) is 0.482. The molecule has 2 heterocycles. The van der Waals surface area contributed by atoms with Crippen molar-refractivity contribution < 1.29 is 13.9 Å². The number of fused-ring (bicyclic) bond motifs is 1. The molecule has 0 unspecified atom stereocenters. The first-order valence-corrected chi connectivity index (χ1v) is 8.10. The molecule has 0 aliphatic carbocycles. The minimum Gasteiger partial charge on any atom is -0.461 e. The van der Waals surface area contributed by atoms with E-state index >= 15 is 0 Å². The molecule has 2 aromatic carbocycles. The van der Waals surface area contributed by atoms with Crippen molar-refractivity contribution in [2.45, 2.75) is 13.0 Å². The fraction of sp³-hybridized carbons (Fsp3) is 0.150. The van der Waals surface area contributed by atoms with Gasteiger partial charge in [0.1, 0.15) is 17.2 Å². The van der Waals surface area contributed by atoms with Crippen LogP contribution in [-0.4, -0.2) is 21.3 Å². The molecule has 4 rings (SSSR count). The molecule has 0 saturated carbocycles. The second-order valence-corrected chi connectivity index (χ2v) is 6.02. The minimum absolute atomic E-state index is 0.0498. The second kappa shape index (κ2) is 6.53. The van der Waals surface area contributed by atoms with Gasteiger partial charge in [0.15, 0.2) is 0 Å². The Hall–Kier alpha value is -2.92. The summed E-state index contributed by atoms with van der Waals surface area (Å²) in [6.07, 6.45) is 5.76. The number of rotatable bonds is 5. The number of aromatic nitrogens is 2. The number of halogens is 1. The average molecular weight is 336 g/mol. The van der Waals surface area contributed by atoms with Crippen LogP contribution in [0.5, 0.6) is 0 Å². The third-order valence-electron chi connectivity index (χ3n) is 4.14. The average Bonchev–Trinajstić information content (AvgIpc) is 3.23. The van der Waals surface area contributed by atoms with Crippen molar-refractivity contribution in [3.05, 3.63) is 78.3 Å². The summed E-state index contributed by atoms with van der Waals surface area (Å²) < 4.78 is 21.7. The zero-order valence-corrected chi connectivity index (χ0v) is 13.5. The van der Waals surface area contributed by atoms with Gasteiger partial charge in [-0.2, -0.15) is 0 Å². The van der Waals surface area contributed by atoms with Crippen LogP contribution in [0, 0.1) is 5.82 Å². The van der Waals surface area contributed by atoms with Gasteiger partial charge in [0, 0.05) is 30.7 Å². The Morgan fingerprint density at radius 3 is 2.80 bits per heavy atom. The van der Waals surface area contributed by atoms with Crippen molar-refractivity contribution in [3.8, 4) is 11.1 Å². The Balaban J connectivity index is 1.70. The Kier molecular flexibility index (Phi) is 4.07. The molecular weight excluding hydrogens is 319 g/mol. The molecule has 0 radical (unpaired) electrons. The first kappa shape index (κ1) is 15.6. The molecular formula is C20H17FN2O2. The Morgan fingerprint density at radius 1 is 1.08 bits per heavy atom. The quantitative estimate of drug-likeness (QED) is 0.599. The van der Waals surface area contributed by atoms with Crippen LogP contribution in [0.3, 0.4) is 0 Å². The highest BCUT2D eigenvalue weighted by atomic mass is 19.1. The molecule has 0 spiro atoms. The predicted molar refractivity (Wildman–Crippen MR) is 93.7 cm³/mol. The Labute approximate surface area is 144 Å². The van der Waals surface area contributed by atoms with Crippen molar-refractivity contribution in [3.63, 3.8) is 0 Å². The van der Waals surface area contributed by atoms with Crippen molar-refractivity contribution in [1.29, 1.82) is 0 Å². The third-order valence-corrected chi connectivity index (χ3v) is 4.14. The molecule has 0 saturated heterocycles. The van der Waals surface area contributed by atoms with Gasteiger partial charge in [0.25, 0.3) is 0 Å². The maximum atomic E-state index is 14.1. The zero-order chi connectivity index (χ0) is 17.2. The lowest BCUT2D eigenvalue weighted by Gasteiger charge is -2.07. The maximum Gasteiger partial charge on any atom is 0.134 e. The molecule has 2 aromatic heterocycles. The van der Waals surface area contributed by atoms with Crippen molar-refractivity contribution in [1.82, 2.24) is 9.55 Å². The summed E-state index contributed by atoms with van der Waals surface area (Å²) in [4.78, 5) is 4.01. The fourth-order valence-corrected chi connectivity index (χ4v) is 3.01. The number of furan rings is 1. The fourth-order valence-electron chi connectivity index (χ4n) is 3.01. The van der Waals surface area contributed by atoms with Gasteiger partial charge in [-0.15, -0.1) is 0 Å². The molecule has 126 valence electrons. The van der Waals surface area contributed by atoms with E-state index in [-0.39, 0.29) is 12.4 Å². The standard InChI is InChI=1S/C20H17FN2O2/c21-18-8-14(12-23-5-4-22-13-23)7-16(10-18)15-1-2-20-17(9-15)11-19(25-20)3-6-24/h1-2,4-5,7-11,13,24H,3,6,12H2. The molecule has 4 nitrogen and oxygen atoms in total. The molecule has 25 heavy (non-hydrogen) atoms. The van der Waals surface area contributed by atoms with E-state index < -0.39 is 0 Å². The first-order chi connectivity index (χ1) is 12.2. The van der Waals surface area contributed by atoms with Crippen molar-refractivity contribution >= 4 is 11.0 Å². The molecule has 0 amide bonds. The number of benzene rings is 2. The van der Waals surface area contributed by atoms with E-state index in [1.165, 1.54) is 6.07 Å². The van der Waals surface area contributed by atoms with Gasteiger partial charge >= 0.3 is 0 Å². The summed E-state index contributed by atoms with van der Waals surface area (Å²) in [7, 11) is 0. The lowest BCUT2D eigenvalue weighted by Crippen LogP contribution is -1.97. The van der Waals surface area contributed by atoms with Crippen molar-refractivity contribution in [2.24, 2.45) is 0 Å². The van der Waals surface area contributed by atoms with Crippen molar-refractivity contribution in [2.75, 3.05) is 6.61 Å². The highest BCUT2D eigenvalue weighted by molar-refractivity contribution is 5.84. The predicted octanol–water partition coefficient (Wildman–Crippen LogP) is 4.02. The van der Waals surface area contributed by atoms with E-state index in [4.69, 9.17) is 9.52 Å². The smallest absolute Gasteiger partial charge is 0.134 e. The molecule has 0 fully saturated rings. The number of hydrogen-bond donors (Lipinski definition) is 1. The minimum atomic E-state index is -0.263. The number of nitrogens with zero attached hydrogens (tertiary/aromatic N) is 2. The van der Waals surface area contributed by atoms with Crippen LogP contribution in [-0.2, 0) is 13.0 Å². The molecule has 4 aromatic rings. The van der Waals surface area contributed by atoms with Crippen LogP contribution in [0.25, 0.3) is 22.1 Å². The topological polar surface area (TPSA) is 51.2 Å². The van der Waals surface area contributed by atoms with Crippen LogP contribution < -0.4 is 0 Å². The van der Waals surface area contributed by atoms with Gasteiger partial charge in [-0.05, 0) is 53.1 Å². The number of aliphatic hydroxyl groups is 1. The summed E-state index contributed by atoms with van der Waals surface area (Å²) in [5, 5.41) is 9.98. The van der Waals surface area contributed by atoms with Crippen LogP contribution in [0.4, 0.5) is 4.39 Å². The van der Waals surface area contributed by atoms with Gasteiger partial charge in [0.05, 0.1) is 12.9 Å². The maximum absolute atomic E-state index is 14.1. The second-order valence-electron chi connectivity index (χ2n) is 6.02. The normalized spacial score (nSPS) is 11.3. The van der Waals surface area contributed by atoms with E-state index in [0.717, 1.165) is 33.4 Å². The summed E-state index contributed by atoms with van der Waals surface area (Å²) in [5.41, 5.74) is 3.39. The van der Waals surface area contributed by atoms with Gasteiger partial charge in [-0.25, -0.2) is 9.37 Å². The van der Waals surface area contributed by atoms with Crippen LogP contribution >= 0.6 is 0 Å². The first-order valence-electron chi connectivity index (χ1n) is 8.10. The van der Waals surface area contributed by atoms with Crippen LogP contribution in [0.15, 0.2) is 65.6 Å². The SMILES string of the molecule is OCCc1cc2cc(-c3cc(F)cc(Cn4ccnc4)c3)ccc2o1. The molecule has 0 atom stereocenters. The van der Waals surface area contributed by atoms with Gasteiger partial charge in [-0.3, -0.25) is 0 Å². The highest BCUT2D eigenvalue weighted by Gasteiger charge is 2.08. The summed E-state index contributed by atoms with van der Waals surface area (Å²) in [6.45, 7) is 0.619. The van der Waals surface area contributed by atoms with E-state index in [1.54, 1.807) is 18.6 Å². The lowest BCUT2D eigenvalue weighted by atomic mass is 10.0. The lowest BCUT2D eigenvalue weighted by molar-refractivity contribution is 0.289. The highest BCUT2D eigenvalue weighted by Crippen LogP contribution is 2.28. The van der Waals surface area contributed by atoms with Gasteiger partial charge in [0.2, 0.25) is 0 Å². The number of aliphatic hydroxyl groups excluding tert-OH is 1. The third kappa shape index (κ3) is 3.32. The largest absolute Gasteiger partial charge is 0.461 e. The van der Waals surface area contributed by atoms with Crippen LogP contribution in [0.2, 0.25) is 0 Å². The van der Waals surface area contributed by atoms with E-state index in [2.05, 4.69) is 4.98 Å². The number of imidazole rings is 1. The molecule has 0 aliphatic heterocycles. The summed E-state index contributed by atoms with van der Waals surface area (Å²) in [6, 6.07) is 12.8. The van der Waals surface area contributed by atoms with Gasteiger partial charge in [-0.1, -0.05) is 6.07 Å². The molecule has 0 bridgehead atoms. The summed E-state index contributed by atoms with van der Waals surface area (Å²) >= 11 is 0. The molecule has 5 heteroatoms. The zero-order valence-electron chi connectivity index (χ0n) is 13.5. The number of hydrogen-bond acceptors (Lipinski definition) is 3. The van der Waals surface area contributed by atoms with E-state index in [9.17, 15) is 4.39 Å². The van der Waals surface area contributed by atoms with E-state index in [1.807, 2.05) is 41.1 Å². The van der Waals surface area contributed by atoms with Crippen LogP contribution in [0.1, 0.15) is 11.3 Å². The molecule has 1 N–H and O–H groups in total. The Bertz CT molecular complexity index is 1010. The Morgan fingerprint density at radius 2 is 2.00 bits per heavy atom. The molecule has 0 aliphatic rings. The van der Waals surface area contributed by atoms with Gasteiger partial charge < -0.3 is 14.1 Å². The monoisotopic (exact) mass is 336 g/mol.